The maximum Gasteiger partial charge on any atom is 0.0829 e. The fourth-order valence-corrected chi connectivity index (χ4v) is 1.90. The molecule has 2 heteroatoms. The highest BCUT2D eigenvalue weighted by Gasteiger charge is 2.38. The summed E-state index contributed by atoms with van der Waals surface area (Å²) in [5.41, 5.74) is -0.438. The molecule has 1 atom stereocenters. The van der Waals surface area contributed by atoms with E-state index < -0.39 is 11.5 Å². The van der Waals surface area contributed by atoms with Crippen molar-refractivity contribution in [1.29, 1.82) is 5.26 Å². The summed E-state index contributed by atoms with van der Waals surface area (Å²) in [6.45, 7) is 3.95. The molecule has 2 nitrogen and oxygen atoms in total. The lowest BCUT2D eigenvalue weighted by molar-refractivity contribution is 0.0416. The van der Waals surface area contributed by atoms with Gasteiger partial charge in [0.05, 0.1) is 17.6 Å². The second-order valence-corrected chi connectivity index (χ2v) is 4.13. The minimum Gasteiger partial charge on any atom is -0.392 e. The first-order chi connectivity index (χ1) is 5.60. The second-order valence-electron chi connectivity index (χ2n) is 4.13. The van der Waals surface area contributed by atoms with Crippen LogP contribution in [0.15, 0.2) is 0 Å². The van der Waals surface area contributed by atoms with E-state index in [0.717, 1.165) is 31.6 Å². The van der Waals surface area contributed by atoms with Crippen LogP contribution < -0.4 is 0 Å². The number of aliphatic hydroxyl groups excluding tert-OH is 1. The van der Waals surface area contributed by atoms with E-state index in [4.69, 9.17) is 5.26 Å². The summed E-state index contributed by atoms with van der Waals surface area (Å²) in [6.07, 6.45) is 3.41. The van der Waals surface area contributed by atoms with Gasteiger partial charge in [0.15, 0.2) is 0 Å². The van der Waals surface area contributed by atoms with E-state index in [2.05, 4.69) is 13.0 Å². The fourth-order valence-electron chi connectivity index (χ4n) is 1.90. The van der Waals surface area contributed by atoms with Crippen LogP contribution in [-0.4, -0.2) is 11.2 Å². The third kappa shape index (κ3) is 1.61. The summed E-state index contributed by atoms with van der Waals surface area (Å²) in [5, 5.41) is 18.5. The topological polar surface area (TPSA) is 44.0 Å². The summed E-state index contributed by atoms with van der Waals surface area (Å²) < 4.78 is 0. The molecule has 0 aromatic carbocycles. The van der Waals surface area contributed by atoms with Gasteiger partial charge in [0.1, 0.15) is 0 Å². The van der Waals surface area contributed by atoms with E-state index >= 15 is 0 Å². The van der Waals surface area contributed by atoms with E-state index in [1.54, 1.807) is 6.92 Å². The van der Waals surface area contributed by atoms with Crippen molar-refractivity contribution in [3.05, 3.63) is 0 Å². The lowest BCUT2D eigenvalue weighted by Gasteiger charge is -2.35. The Hall–Kier alpha value is -0.550. The molecule has 0 heterocycles. The predicted octanol–water partition coefficient (Wildman–Crippen LogP) is 2.09. The first-order valence-electron chi connectivity index (χ1n) is 4.70. The Morgan fingerprint density at radius 3 is 2.33 bits per heavy atom. The zero-order chi connectivity index (χ0) is 9.19. The van der Waals surface area contributed by atoms with Gasteiger partial charge in [0, 0.05) is 0 Å². The van der Waals surface area contributed by atoms with E-state index in [-0.39, 0.29) is 0 Å². The number of nitrogens with zero attached hydrogens (tertiary/aromatic N) is 1. The van der Waals surface area contributed by atoms with E-state index in [1.165, 1.54) is 0 Å². The van der Waals surface area contributed by atoms with E-state index in [9.17, 15) is 5.11 Å². The Morgan fingerprint density at radius 1 is 1.50 bits per heavy atom. The van der Waals surface area contributed by atoms with E-state index in [1.807, 2.05) is 0 Å². The van der Waals surface area contributed by atoms with Gasteiger partial charge in [-0.15, -0.1) is 0 Å². The summed E-state index contributed by atoms with van der Waals surface area (Å²) >= 11 is 0. The third-order valence-corrected chi connectivity index (χ3v) is 3.19. The molecule has 0 radical (unpaired) electrons. The highest BCUT2D eigenvalue weighted by molar-refractivity contribution is 5.04. The van der Waals surface area contributed by atoms with Gasteiger partial charge < -0.3 is 5.11 Å². The van der Waals surface area contributed by atoms with Gasteiger partial charge in [0.2, 0.25) is 0 Å². The predicted molar refractivity (Wildman–Crippen MR) is 47.4 cm³/mol. The summed E-state index contributed by atoms with van der Waals surface area (Å²) in [6, 6.07) is 2.29. The van der Waals surface area contributed by atoms with Crippen molar-refractivity contribution in [2.24, 2.45) is 11.3 Å². The number of rotatable bonds is 1. The second kappa shape index (κ2) is 3.45. The van der Waals surface area contributed by atoms with Gasteiger partial charge in [-0.2, -0.15) is 5.26 Å². The zero-order valence-electron chi connectivity index (χ0n) is 7.88. The lowest BCUT2D eigenvalue weighted by Crippen LogP contribution is -2.35. The monoisotopic (exact) mass is 167 g/mol. The third-order valence-electron chi connectivity index (χ3n) is 3.19. The Labute approximate surface area is 74.2 Å². The zero-order valence-corrected chi connectivity index (χ0v) is 7.88. The van der Waals surface area contributed by atoms with Crippen LogP contribution in [0.3, 0.4) is 0 Å². The van der Waals surface area contributed by atoms with Gasteiger partial charge in [-0.1, -0.05) is 6.92 Å². The van der Waals surface area contributed by atoms with Gasteiger partial charge >= 0.3 is 0 Å². The highest BCUT2D eigenvalue weighted by Crippen LogP contribution is 2.40. The molecule has 1 aliphatic rings. The van der Waals surface area contributed by atoms with Crippen LogP contribution in [0.4, 0.5) is 0 Å². The molecule has 0 aromatic heterocycles. The maximum absolute atomic E-state index is 9.49. The molecule has 0 aliphatic heterocycles. The molecule has 12 heavy (non-hydrogen) atoms. The van der Waals surface area contributed by atoms with E-state index in [0.29, 0.717) is 0 Å². The Balaban J connectivity index is 2.65. The van der Waals surface area contributed by atoms with Gasteiger partial charge in [-0.3, -0.25) is 0 Å². The SMILES string of the molecule is CC1CCC(C#N)(C(C)O)CC1. The van der Waals surface area contributed by atoms with Crippen LogP contribution >= 0.6 is 0 Å². The molecule has 0 spiro atoms. The van der Waals surface area contributed by atoms with Crippen LogP contribution in [0.2, 0.25) is 0 Å². The minimum atomic E-state index is -0.477. The molecule has 0 amide bonds. The molecule has 0 saturated heterocycles. The standard InChI is InChI=1S/C10H17NO/c1-8-3-5-10(7-11,6-4-8)9(2)12/h8-9,12H,3-6H2,1-2H3. The molecular weight excluding hydrogens is 150 g/mol. The van der Waals surface area contributed by atoms with Crippen molar-refractivity contribution in [3.8, 4) is 6.07 Å². The first-order valence-corrected chi connectivity index (χ1v) is 4.70. The Bertz CT molecular complexity index is 185. The van der Waals surface area contributed by atoms with Crippen molar-refractivity contribution < 1.29 is 5.11 Å². The minimum absolute atomic E-state index is 0.438. The summed E-state index contributed by atoms with van der Waals surface area (Å²) in [5.74, 6) is 0.727. The van der Waals surface area contributed by atoms with Crippen LogP contribution in [0.1, 0.15) is 39.5 Å². The highest BCUT2D eigenvalue weighted by atomic mass is 16.3. The van der Waals surface area contributed by atoms with Gasteiger partial charge in [-0.05, 0) is 38.5 Å². The Morgan fingerprint density at radius 2 is 2.00 bits per heavy atom. The molecule has 1 rings (SSSR count). The quantitative estimate of drug-likeness (QED) is 0.649. The first kappa shape index (κ1) is 9.54. The molecule has 0 aromatic rings. The molecule has 1 unspecified atom stereocenters. The number of hydrogen-bond acceptors (Lipinski definition) is 2. The molecule has 68 valence electrons. The molecule has 1 fully saturated rings. The van der Waals surface area contributed by atoms with Gasteiger partial charge in [0.25, 0.3) is 0 Å². The Kier molecular flexibility index (Phi) is 2.74. The maximum atomic E-state index is 9.49. The summed E-state index contributed by atoms with van der Waals surface area (Å²) in [4.78, 5) is 0. The molecule has 0 bridgehead atoms. The average Bonchev–Trinajstić information content (AvgIpc) is 2.06. The lowest BCUT2D eigenvalue weighted by atomic mass is 9.69. The van der Waals surface area contributed by atoms with Crippen molar-refractivity contribution in [2.75, 3.05) is 0 Å². The van der Waals surface area contributed by atoms with Crippen molar-refractivity contribution in [1.82, 2.24) is 0 Å². The number of nitriles is 1. The number of aliphatic hydroxyl groups is 1. The van der Waals surface area contributed by atoms with Crippen molar-refractivity contribution in [3.63, 3.8) is 0 Å². The molecule has 1 aliphatic carbocycles. The average molecular weight is 167 g/mol. The fraction of sp³-hybridized carbons (Fsp3) is 0.900. The van der Waals surface area contributed by atoms with Crippen molar-refractivity contribution in [2.45, 2.75) is 45.6 Å². The molecular formula is C10H17NO. The normalized spacial score (nSPS) is 38.7. The smallest absolute Gasteiger partial charge is 0.0829 e. The van der Waals surface area contributed by atoms with Gasteiger partial charge in [-0.25, -0.2) is 0 Å². The number of hydrogen-bond donors (Lipinski definition) is 1. The largest absolute Gasteiger partial charge is 0.392 e. The summed E-state index contributed by atoms with van der Waals surface area (Å²) in [7, 11) is 0. The van der Waals surface area contributed by atoms with Crippen LogP contribution in [0, 0.1) is 22.7 Å². The van der Waals surface area contributed by atoms with Crippen molar-refractivity contribution >= 4 is 0 Å². The molecule has 1 N–H and O–H groups in total. The van der Waals surface area contributed by atoms with Crippen LogP contribution in [0.25, 0.3) is 0 Å². The van der Waals surface area contributed by atoms with Crippen LogP contribution in [0.5, 0.6) is 0 Å². The molecule has 1 saturated carbocycles. The van der Waals surface area contributed by atoms with Crippen LogP contribution in [-0.2, 0) is 0 Å².